The summed E-state index contributed by atoms with van der Waals surface area (Å²) < 4.78 is 0. The molecule has 0 unspecified atom stereocenters. The number of nitrogens with two attached hydrogens (primary N) is 1. The Hall–Kier alpha value is -1.87. The van der Waals surface area contributed by atoms with Crippen LogP contribution >= 0.6 is 11.6 Å². The van der Waals surface area contributed by atoms with Crippen molar-refractivity contribution in [2.75, 3.05) is 5.73 Å². The Morgan fingerprint density at radius 2 is 2.17 bits per heavy atom. The zero-order valence-corrected chi connectivity index (χ0v) is 10.5. The van der Waals surface area contributed by atoms with Crippen molar-refractivity contribution < 1.29 is 4.79 Å². The van der Waals surface area contributed by atoms with E-state index in [1.165, 1.54) is 0 Å². The molecule has 0 bridgehead atoms. The van der Waals surface area contributed by atoms with Crippen LogP contribution in [0, 0.1) is 0 Å². The van der Waals surface area contributed by atoms with Crippen LogP contribution < -0.4 is 5.73 Å². The van der Waals surface area contributed by atoms with Gasteiger partial charge in [-0.25, -0.2) is 0 Å². The van der Waals surface area contributed by atoms with Crippen LogP contribution in [0.2, 0.25) is 5.02 Å². The predicted molar refractivity (Wildman–Crippen MR) is 72.8 cm³/mol. The lowest BCUT2D eigenvalue weighted by molar-refractivity contribution is 0.0983. The van der Waals surface area contributed by atoms with Gasteiger partial charge in [-0.15, -0.1) is 0 Å². The molecule has 4 heteroatoms. The topological polar surface area (TPSA) is 56.0 Å². The Morgan fingerprint density at radius 3 is 2.89 bits per heavy atom. The summed E-state index contributed by atoms with van der Waals surface area (Å²) in [6, 6.07) is 8.75. The van der Waals surface area contributed by atoms with Gasteiger partial charge in [0.05, 0.1) is 5.02 Å². The van der Waals surface area contributed by atoms with Crippen molar-refractivity contribution >= 4 is 23.1 Å². The summed E-state index contributed by atoms with van der Waals surface area (Å²) in [6.07, 6.45) is 4.51. The SMILES string of the molecule is Nc1ccc(Cl)c(C(=O)CCc2cccnc2)c1. The van der Waals surface area contributed by atoms with E-state index in [-0.39, 0.29) is 5.78 Å². The van der Waals surface area contributed by atoms with E-state index in [1.54, 1.807) is 30.6 Å². The Balaban J connectivity index is 2.06. The number of pyridine rings is 1. The van der Waals surface area contributed by atoms with E-state index < -0.39 is 0 Å². The van der Waals surface area contributed by atoms with Crippen LogP contribution in [-0.4, -0.2) is 10.8 Å². The van der Waals surface area contributed by atoms with Crippen LogP contribution in [-0.2, 0) is 6.42 Å². The normalized spacial score (nSPS) is 10.3. The van der Waals surface area contributed by atoms with Crippen molar-refractivity contribution in [2.45, 2.75) is 12.8 Å². The molecule has 0 aliphatic rings. The summed E-state index contributed by atoms with van der Waals surface area (Å²) in [5.41, 5.74) is 7.72. The molecular formula is C14H13ClN2O. The second-order valence-corrected chi connectivity index (χ2v) is 4.43. The Labute approximate surface area is 111 Å². The predicted octanol–water partition coefficient (Wildman–Crippen LogP) is 3.13. The van der Waals surface area contributed by atoms with Crippen molar-refractivity contribution in [1.82, 2.24) is 4.98 Å². The van der Waals surface area contributed by atoms with Gasteiger partial charge in [0.25, 0.3) is 0 Å². The standard InChI is InChI=1S/C14H13ClN2O/c15-13-5-4-11(16)8-12(13)14(18)6-3-10-2-1-7-17-9-10/h1-2,4-5,7-9H,3,6,16H2. The first kappa shape index (κ1) is 12.6. The fraction of sp³-hybridized carbons (Fsp3) is 0.143. The van der Waals surface area contributed by atoms with E-state index in [1.807, 2.05) is 12.1 Å². The molecule has 18 heavy (non-hydrogen) atoms. The van der Waals surface area contributed by atoms with Crippen molar-refractivity contribution in [3.8, 4) is 0 Å². The number of ketones is 1. The maximum Gasteiger partial charge on any atom is 0.164 e. The second-order valence-electron chi connectivity index (χ2n) is 4.02. The Bertz CT molecular complexity index is 555. The van der Waals surface area contributed by atoms with Crippen molar-refractivity contribution in [3.05, 3.63) is 58.9 Å². The zero-order valence-electron chi connectivity index (χ0n) is 9.77. The number of aryl methyl sites for hydroxylation is 1. The average molecular weight is 261 g/mol. The number of hydrogen-bond donors (Lipinski definition) is 1. The quantitative estimate of drug-likeness (QED) is 0.679. The maximum atomic E-state index is 12.0. The van der Waals surface area contributed by atoms with Crippen LogP contribution in [0.4, 0.5) is 5.69 Å². The lowest BCUT2D eigenvalue weighted by atomic mass is 10.0. The van der Waals surface area contributed by atoms with Gasteiger partial charge < -0.3 is 5.73 Å². The lowest BCUT2D eigenvalue weighted by Gasteiger charge is -2.05. The number of benzene rings is 1. The molecule has 0 saturated heterocycles. The molecule has 0 aliphatic heterocycles. The number of nitrogen functional groups attached to an aromatic ring is 1. The van der Waals surface area contributed by atoms with Gasteiger partial charge in [-0.2, -0.15) is 0 Å². The number of nitrogens with zero attached hydrogens (tertiary/aromatic N) is 1. The highest BCUT2D eigenvalue weighted by Gasteiger charge is 2.10. The van der Waals surface area contributed by atoms with Crippen molar-refractivity contribution in [1.29, 1.82) is 0 Å². The van der Waals surface area contributed by atoms with E-state index in [2.05, 4.69) is 4.98 Å². The molecule has 2 rings (SSSR count). The smallest absolute Gasteiger partial charge is 0.164 e. The van der Waals surface area contributed by atoms with Crippen LogP contribution in [0.15, 0.2) is 42.7 Å². The number of carbonyl (C=O) groups is 1. The minimum absolute atomic E-state index is 0.00356. The number of Topliss-reactive ketones (excluding diaryl/α,β-unsaturated/α-hetero) is 1. The van der Waals surface area contributed by atoms with E-state index in [0.717, 1.165) is 5.56 Å². The Morgan fingerprint density at radius 1 is 1.33 bits per heavy atom. The largest absolute Gasteiger partial charge is 0.399 e. The minimum atomic E-state index is -0.00356. The van der Waals surface area contributed by atoms with Crippen molar-refractivity contribution in [3.63, 3.8) is 0 Å². The highest BCUT2D eigenvalue weighted by molar-refractivity contribution is 6.34. The van der Waals surface area contributed by atoms with Gasteiger partial charge in [-0.3, -0.25) is 9.78 Å². The van der Waals surface area contributed by atoms with Crippen LogP contribution in [0.25, 0.3) is 0 Å². The van der Waals surface area contributed by atoms with Crippen molar-refractivity contribution in [2.24, 2.45) is 0 Å². The molecule has 1 aromatic carbocycles. The minimum Gasteiger partial charge on any atom is -0.399 e. The number of hydrogen-bond acceptors (Lipinski definition) is 3. The third-order valence-corrected chi connectivity index (χ3v) is 2.98. The number of aromatic nitrogens is 1. The molecular weight excluding hydrogens is 248 g/mol. The van der Waals surface area contributed by atoms with Gasteiger partial charge in [0, 0.05) is 30.1 Å². The molecule has 92 valence electrons. The third kappa shape index (κ3) is 3.08. The molecule has 0 spiro atoms. The van der Waals surface area contributed by atoms with E-state index in [4.69, 9.17) is 17.3 Å². The van der Waals surface area contributed by atoms with Crippen LogP contribution in [0.3, 0.4) is 0 Å². The highest BCUT2D eigenvalue weighted by atomic mass is 35.5. The molecule has 2 aromatic rings. The molecule has 0 radical (unpaired) electrons. The average Bonchev–Trinajstić information content (AvgIpc) is 2.40. The number of anilines is 1. The molecule has 3 nitrogen and oxygen atoms in total. The fourth-order valence-corrected chi connectivity index (χ4v) is 1.92. The summed E-state index contributed by atoms with van der Waals surface area (Å²) >= 11 is 5.98. The summed E-state index contributed by atoms with van der Waals surface area (Å²) in [4.78, 5) is 16.0. The molecule has 0 atom stereocenters. The van der Waals surface area contributed by atoms with Gasteiger partial charge in [-0.1, -0.05) is 17.7 Å². The number of rotatable bonds is 4. The molecule has 0 aliphatic carbocycles. The summed E-state index contributed by atoms with van der Waals surface area (Å²) in [7, 11) is 0. The first-order chi connectivity index (χ1) is 8.66. The van der Waals surface area contributed by atoms with Gasteiger partial charge in [0.1, 0.15) is 0 Å². The molecule has 0 saturated carbocycles. The molecule has 0 amide bonds. The molecule has 1 aromatic heterocycles. The molecule has 0 fully saturated rings. The van der Waals surface area contributed by atoms with Gasteiger partial charge in [0.2, 0.25) is 0 Å². The molecule has 1 heterocycles. The summed E-state index contributed by atoms with van der Waals surface area (Å²) in [5, 5.41) is 0.445. The van der Waals surface area contributed by atoms with E-state index in [0.29, 0.717) is 29.1 Å². The second kappa shape index (κ2) is 5.65. The van der Waals surface area contributed by atoms with Crippen LogP contribution in [0.5, 0.6) is 0 Å². The van der Waals surface area contributed by atoms with Crippen LogP contribution in [0.1, 0.15) is 22.3 Å². The number of carbonyl (C=O) groups excluding carboxylic acids is 1. The Kier molecular flexibility index (Phi) is 3.95. The highest BCUT2D eigenvalue weighted by Crippen LogP contribution is 2.21. The van der Waals surface area contributed by atoms with E-state index >= 15 is 0 Å². The zero-order chi connectivity index (χ0) is 13.0. The van der Waals surface area contributed by atoms with Gasteiger partial charge >= 0.3 is 0 Å². The van der Waals surface area contributed by atoms with Gasteiger partial charge in [0.15, 0.2) is 5.78 Å². The first-order valence-electron chi connectivity index (χ1n) is 5.64. The molecule has 2 N–H and O–H groups in total. The third-order valence-electron chi connectivity index (χ3n) is 2.65. The fourth-order valence-electron chi connectivity index (χ4n) is 1.70. The van der Waals surface area contributed by atoms with E-state index in [9.17, 15) is 4.79 Å². The monoisotopic (exact) mass is 260 g/mol. The maximum absolute atomic E-state index is 12.0. The number of halogens is 1. The van der Waals surface area contributed by atoms with Gasteiger partial charge in [-0.05, 0) is 36.2 Å². The summed E-state index contributed by atoms with van der Waals surface area (Å²) in [6.45, 7) is 0. The summed E-state index contributed by atoms with van der Waals surface area (Å²) in [5.74, 6) is -0.00356. The lowest BCUT2D eigenvalue weighted by Crippen LogP contribution is -2.03. The first-order valence-corrected chi connectivity index (χ1v) is 6.02.